The van der Waals surface area contributed by atoms with Crippen molar-refractivity contribution in [3.63, 3.8) is 0 Å². The van der Waals surface area contributed by atoms with E-state index in [-0.39, 0.29) is 54.9 Å². The van der Waals surface area contributed by atoms with Crippen LogP contribution in [0, 0.1) is 11.8 Å². The number of hydrogen-bond donors (Lipinski definition) is 0. The molecule has 1 saturated carbocycles. The highest BCUT2D eigenvalue weighted by molar-refractivity contribution is 5.79. The Kier molecular flexibility index (Phi) is 4.56. The summed E-state index contributed by atoms with van der Waals surface area (Å²) in [6.07, 6.45) is 4.59. The van der Waals surface area contributed by atoms with Gasteiger partial charge in [0.15, 0.2) is 0 Å². The zero-order valence-corrected chi connectivity index (χ0v) is 17.1. The summed E-state index contributed by atoms with van der Waals surface area (Å²) in [6.45, 7) is 1.74. The van der Waals surface area contributed by atoms with E-state index in [4.69, 9.17) is 0 Å². The van der Waals surface area contributed by atoms with Crippen LogP contribution in [0.4, 0.5) is 8.78 Å². The number of hydrogen-bond acceptors (Lipinski definition) is 3. The predicted molar refractivity (Wildman–Crippen MR) is 107 cm³/mol. The highest BCUT2D eigenvalue weighted by Crippen LogP contribution is 2.40. The van der Waals surface area contributed by atoms with Crippen LogP contribution in [0.25, 0.3) is 11.4 Å². The van der Waals surface area contributed by atoms with Crippen LogP contribution in [-0.2, 0) is 18.4 Å². The van der Waals surface area contributed by atoms with Crippen LogP contribution >= 0.6 is 0 Å². The number of likely N-dealkylation sites (tertiary alicyclic amines) is 1. The molecule has 2 aromatic heterocycles. The predicted octanol–water partition coefficient (Wildman–Crippen LogP) is 3.02. The molecule has 1 saturated heterocycles. The van der Waals surface area contributed by atoms with Gasteiger partial charge >= 0.3 is 0 Å². The van der Waals surface area contributed by atoms with Crippen molar-refractivity contribution in [2.24, 2.45) is 18.9 Å². The van der Waals surface area contributed by atoms with Gasteiger partial charge in [0.25, 0.3) is 5.56 Å². The monoisotopic (exact) mass is 416 g/mol. The molecule has 0 spiro atoms. The van der Waals surface area contributed by atoms with Gasteiger partial charge in [0, 0.05) is 69.4 Å². The molecule has 2 atom stereocenters. The Morgan fingerprint density at radius 2 is 1.93 bits per heavy atom. The maximum Gasteiger partial charge on any atom is 0.261 e. The van der Waals surface area contributed by atoms with Gasteiger partial charge in [-0.2, -0.15) is 0 Å². The first-order chi connectivity index (χ1) is 14.3. The molecule has 0 aromatic carbocycles. The lowest BCUT2D eigenvalue weighted by atomic mass is 9.81. The molecule has 2 fully saturated rings. The van der Waals surface area contributed by atoms with Gasteiger partial charge < -0.3 is 14.0 Å². The first-order valence-corrected chi connectivity index (χ1v) is 10.7. The molecule has 2 bridgehead atoms. The van der Waals surface area contributed by atoms with Crippen molar-refractivity contribution >= 4 is 5.91 Å². The molecule has 3 aliphatic rings. The van der Waals surface area contributed by atoms with Gasteiger partial charge in [-0.25, -0.2) is 13.8 Å². The van der Waals surface area contributed by atoms with Crippen molar-refractivity contribution < 1.29 is 13.6 Å². The molecule has 0 N–H and O–H groups in total. The van der Waals surface area contributed by atoms with E-state index >= 15 is 0 Å². The first kappa shape index (κ1) is 19.5. The zero-order chi connectivity index (χ0) is 21.0. The SMILES string of the molecule is Cn1ccnc1-c1ccc2n(c1=O)C[C@H]1C[C@@H]2CN(C(=O)C2CCC(F)(F)CC2)C1. The zero-order valence-electron chi connectivity index (χ0n) is 17.1. The highest BCUT2D eigenvalue weighted by Gasteiger charge is 2.42. The lowest BCUT2D eigenvalue weighted by molar-refractivity contribution is -0.142. The van der Waals surface area contributed by atoms with E-state index in [1.165, 1.54) is 0 Å². The summed E-state index contributed by atoms with van der Waals surface area (Å²) in [4.78, 5) is 32.4. The molecular formula is C22H26F2N4O2. The molecule has 6 nitrogen and oxygen atoms in total. The van der Waals surface area contributed by atoms with Crippen LogP contribution in [0.5, 0.6) is 0 Å². The number of aromatic nitrogens is 3. The van der Waals surface area contributed by atoms with Gasteiger partial charge in [-0.1, -0.05) is 0 Å². The maximum absolute atomic E-state index is 13.5. The third kappa shape index (κ3) is 3.26. The molecule has 0 radical (unpaired) electrons. The molecule has 30 heavy (non-hydrogen) atoms. The summed E-state index contributed by atoms with van der Waals surface area (Å²) in [7, 11) is 1.87. The van der Waals surface area contributed by atoms with E-state index in [9.17, 15) is 18.4 Å². The molecule has 8 heteroatoms. The van der Waals surface area contributed by atoms with E-state index in [1.807, 2.05) is 39.4 Å². The molecular weight excluding hydrogens is 390 g/mol. The highest BCUT2D eigenvalue weighted by atomic mass is 19.3. The maximum atomic E-state index is 13.5. The summed E-state index contributed by atoms with van der Waals surface area (Å²) < 4.78 is 30.6. The average molecular weight is 416 g/mol. The summed E-state index contributed by atoms with van der Waals surface area (Å²) >= 11 is 0. The Morgan fingerprint density at radius 1 is 1.17 bits per heavy atom. The summed E-state index contributed by atoms with van der Waals surface area (Å²) in [5.41, 5.74) is 1.51. The van der Waals surface area contributed by atoms with Crippen molar-refractivity contribution in [3.05, 3.63) is 40.6 Å². The van der Waals surface area contributed by atoms with E-state index in [0.717, 1.165) is 12.1 Å². The van der Waals surface area contributed by atoms with Crippen LogP contribution in [0.15, 0.2) is 29.3 Å². The molecule has 1 amide bonds. The second kappa shape index (κ2) is 7.03. The Labute approximate surface area is 173 Å². The van der Waals surface area contributed by atoms with Gasteiger partial charge in [0.1, 0.15) is 5.82 Å². The minimum atomic E-state index is -2.62. The number of carbonyl (C=O) groups is 1. The van der Waals surface area contributed by atoms with Crippen LogP contribution < -0.4 is 5.56 Å². The summed E-state index contributed by atoms with van der Waals surface area (Å²) in [6, 6.07) is 3.82. The van der Waals surface area contributed by atoms with E-state index in [1.54, 1.807) is 6.20 Å². The quantitative estimate of drug-likeness (QED) is 0.756. The van der Waals surface area contributed by atoms with Crippen molar-refractivity contribution in [2.45, 2.75) is 50.5 Å². The van der Waals surface area contributed by atoms with Gasteiger partial charge in [0.05, 0.1) is 5.56 Å². The number of halogens is 2. The fourth-order valence-corrected chi connectivity index (χ4v) is 5.47. The number of amides is 1. The number of imidazole rings is 1. The molecule has 2 aliphatic heterocycles. The van der Waals surface area contributed by atoms with Crippen LogP contribution in [0.3, 0.4) is 0 Å². The number of pyridine rings is 1. The number of nitrogens with zero attached hydrogens (tertiary/aromatic N) is 4. The van der Waals surface area contributed by atoms with Crippen molar-refractivity contribution in [1.82, 2.24) is 19.0 Å². The van der Waals surface area contributed by atoms with Gasteiger partial charge in [-0.05, 0) is 37.3 Å². The third-order valence-corrected chi connectivity index (χ3v) is 7.04. The standard InChI is InChI=1S/C22H26F2N4O2/c1-26-9-8-25-19(26)17-2-3-18-16-10-14(12-28(18)21(17)30)11-27(13-16)20(29)15-4-6-22(23,24)7-5-15/h2-3,8-9,14-16H,4-7,10-13H2,1H3/t14-,16+/m0/s1. The van der Waals surface area contributed by atoms with Crippen LogP contribution in [0.2, 0.25) is 0 Å². The lowest BCUT2D eigenvalue weighted by Crippen LogP contribution is -2.51. The van der Waals surface area contributed by atoms with Crippen molar-refractivity contribution in [2.75, 3.05) is 13.1 Å². The van der Waals surface area contributed by atoms with Gasteiger partial charge in [-0.3, -0.25) is 9.59 Å². The minimum Gasteiger partial charge on any atom is -0.341 e. The summed E-state index contributed by atoms with van der Waals surface area (Å²) in [5, 5.41) is 0. The Balaban J connectivity index is 1.38. The van der Waals surface area contributed by atoms with Crippen molar-refractivity contribution in [1.29, 1.82) is 0 Å². The molecule has 5 rings (SSSR count). The molecule has 2 aromatic rings. The lowest BCUT2D eigenvalue weighted by Gasteiger charge is -2.44. The Bertz CT molecular complexity index is 1030. The van der Waals surface area contributed by atoms with Gasteiger partial charge in [-0.15, -0.1) is 0 Å². The number of piperidine rings is 1. The second-order valence-corrected chi connectivity index (χ2v) is 9.12. The Morgan fingerprint density at radius 3 is 2.63 bits per heavy atom. The summed E-state index contributed by atoms with van der Waals surface area (Å²) in [5.74, 6) is -1.94. The second-order valence-electron chi connectivity index (χ2n) is 9.12. The van der Waals surface area contributed by atoms with Crippen LogP contribution in [-0.4, -0.2) is 43.9 Å². The average Bonchev–Trinajstić information content (AvgIpc) is 3.14. The van der Waals surface area contributed by atoms with E-state index in [2.05, 4.69) is 4.98 Å². The van der Waals surface area contributed by atoms with E-state index < -0.39 is 5.92 Å². The minimum absolute atomic E-state index is 0.0145. The third-order valence-electron chi connectivity index (χ3n) is 7.04. The molecule has 160 valence electrons. The van der Waals surface area contributed by atoms with Crippen molar-refractivity contribution in [3.8, 4) is 11.4 Å². The van der Waals surface area contributed by atoms with Crippen LogP contribution in [0.1, 0.15) is 43.7 Å². The number of carbonyl (C=O) groups excluding carboxylic acids is 1. The smallest absolute Gasteiger partial charge is 0.261 e. The number of rotatable bonds is 2. The topological polar surface area (TPSA) is 60.1 Å². The first-order valence-electron chi connectivity index (χ1n) is 10.7. The fourth-order valence-electron chi connectivity index (χ4n) is 5.47. The number of fused-ring (bicyclic) bond motifs is 4. The normalized spacial score (nSPS) is 25.8. The van der Waals surface area contributed by atoms with E-state index in [0.29, 0.717) is 31.0 Å². The number of aryl methyl sites for hydroxylation is 1. The molecule has 1 aliphatic carbocycles. The fraction of sp³-hybridized carbons (Fsp3) is 0.591. The number of alkyl halides is 2. The molecule has 4 heterocycles. The van der Waals surface area contributed by atoms with Gasteiger partial charge in [0.2, 0.25) is 11.8 Å². The Hall–Kier alpha value is -2.51. The largest absolute Gasteiger partial charge is 0.341 e. The molecule has 0 unspecified atom stereocenters.